The molecule has 4 atom stereocenters. The van der Waals surface area contributed by atoms with Crippen LogP contribution in [0.2, 0.25) is 0 Å². The third-order valence-corrected chi connectivity index (χ3v) is 7.60. The number of likely N-dealkylation sites (tertiary alicyclic amines) is 1. The van der Waals surface area contributed by atoms with Crippen molar-refractivity contribution in [2.75, 3.05) is 12.7 Å². The molecule has 1 saturated heterocycles. The summed E-state index contributed by atoms with van der Waals surface area (Å²) in [7, 11) is -3.90. The number of carboxylic acid groups (broad SMARTS) is 1. The van der Waals surface area contributed by atoms with Gasteiger partial charge >= 0.3 is 5.97 Å². The highest BCUT2D eigenvalue weighted by atomic mass is 31.2. The molecule has 0 radical (unpaired) electrons. The predicted octanol–water partition coefficient (Wildman–Crippen LogP) is 2.52. The Bertz CT molecular complexity index is 725. The van der Waals surface area contributed by atoms with Crippen LogP contribution in [0, 0.1) is 11.8 Å². The van der Waals surface area contributed by atoms with E-state index in [2.05, 4.69) is 0 Å². The molecule has 28 heavy (non-hydrogen) atoms. The molecule has 0 aliphatic carbocycles. The average Bonchev–Trinajstić information content (AvgIpc) is 3.11. The minimum Gasteiger partial charge on any atom is -0.481 e. The van der Waals surface area contributed by atoms with Crippen LogP contribution in [0.3, 0.4) is 0 Å². The zero-order valence-corrected chi connectivity index (χ0v) is 17.4. The van der Waals surface area contributed by atoms with Gasteiger partial charge < -0.3 is 20.6 Å². The number of carboxylic acids is 1. The van der Waals surface area contributed by atoms with Gasteiger partial charge in [-0.15, -0.1) is 0 Å². The number of carbonyl (C=O) groups excluding carboxylic acids is 1. The Balaban J connectivity index is 2.13. The van der Waals surface area contributed by atoms with Crippen LogP contribution in [0.25, 0.3) is 0 Å². The molecule has 0 aromatic heterocycles. The van der Waals surface area contributed by atoms with Crippen molar-refractivity contribution in [2.24, 2.45) is 17.6 Å². The molecule has 156 valence electrons. The second kappa shape index (κ2) is 9.68. The number of amides is 1. The molecule has 1 unspecified atom stereocenters. The van der Waals surface area contributed by atoms with E-state index in [0.717, 1.165) is 5.56 Å². The van der Waals surface area contributed by atoms with Crippen LogP contribution in [-0.2, 0) is 20.6 Å². The fourth-order valence-electron chi connectivity index (χ4n) is 3.81. The molecule has 1 aliphatic rings. The summed E-state index contributed by atoms with van der Waals surface area (Å²) in [5.74, 6) is -3.02. The fourth-order valence-corrected chi connectivity index (χ4v) is 6.22. The summed E-state index contributed by atoms with van der Waals surface area (Å²) in [6.07, 6.45) is 1.33. The van der Waals surface area contributed by atoms with Crippen LogP contribution >= 0.6 is 7.37 Å². The Morgan fingerprint density at radius 1 is 1.29 bits per heavy atom. The van der Waals surface area contributed by atoms with E-state index in [4.69, 9.17) is 5.73 Å². The highest BCUT2D eigenvalue weighted by molar-refractivity contribution is 7.58. The molecular weight excluding hydrogens is 379 g/mol. The van der Waals surface area contributed by atoms with Crippen LogP contribution in [0.15, 0.2) is 30.3 Å². The number of carbonyl (C=O) groups is 2. The van der Waals surface area contributed by atoms with Crippen molar-refractivity contribution in [3.05, 3.63) is 35.9 Å². The van der Waals surface area contributed by atoms with Crippen LogP contribution in [0.4, 0.5) is 0 Å². The predicted molar refractivity (Wildman–Crippen MR) is 108 cm³/mol. The number of hydrogen-bond acceptors (Lipinski definition) is 4. The second-order valence-electron chi connectivity index (χ2n) is 8.05. The van der Waals surface area contributed by atoms with Gasteiger partial charge in [0.1, 0.15) is 5.78 Å². The number of nitrogens with zero attached hydrogens (tertiary/aromatic N) is 1. The van der Waals surface area contributed by atoms with E-state index in [-0.39, 0.29) is 24.4 Å². The van der Waals surface area contributed by atoms with E-state index in [9.17, 15) is 24.2 Å². The van der Waals surface area contributed by atoms with Crippen molar-refractivity contribution in [1.82, 2.24) is 4.90 Å². The summed E-state index contributed by atoms with van der Waals surface area (Å²) in [5.41, 5.74) is 6.80. The third-order valence-electron chi connectivity index (χ3n) is 5.17. The Hall–Kier alpha value is -1.69. The minimum absolute atomic E-state index is 0.175. The van der Waals surface area contributed by atoms with Crippen LogP contribution < -0.4 is 5.73 Å². The lowest BCUT2D eigenvalue weighted by Crippen LogP contribution is -2.46. The molecule has 1 aromatic rings. The summed E-state index contributed by atoms with van der Waals surface area (Å²) < 4.78 is 13.1. The maximum Gasteiger partial charge on any atom is 0.307 e. The molecule has 1 amide bonds. The van der Waals surface area contributed by atoms with Gasteiger partial charge in [-0.2, -0.15) is 0 Å². The molecule has 0 spiro atoms. The first kappa shape index (κ1) is 22.6. The van der Waals surface area contributed by atoms with Crippen molar-refractivity contribution in [3.8, 4) is 0 Å². The van der Waals surface area contributed by atoms with Crippen molar-refractivity contribution in [3.63, 3.8) is 0 Å². The van der Waals surface area contributed by atoms with Crippen LogP contribution in [-0.4, -0.2) is 51.3 Å². The van der Waals surface area contributed by atoms with Gasteiger partial charge in [-0.3, -0.25) is 14.2 Å². The Labute approximate surface area is 166 Å². The molecule has 1 aliphatic heterocycles. The maximum absolute atomic E-state index is 13.1. The van der Waals surface area contributed by atoms with Gasteiger partial charge in [0.15, 0.2) is 0 Å². The van der Waals surface area contributed by atoms with Gasteiger partial charge in [-0.1, -0.05) is 44.2 Å². The molecule has 0 saturated carbocycles. The van der Waals surface area contributed by atoms with E-state index in [1.165, 1.54) is 4.90 Å². The summed E-state index contributed by atoms with van der Waals surface area (Å²) in [4.78, 5) is 36.6. The lowest BCUT2D eigenvalue weighted by molar-refractivity contribution is -0.141. The monoisotopic (exact) mass is 410 g/mol. The van der Waals surface area contributed by atoms with Gasteiger partial charge in [-0.25, -0.2) is 0 Å². The van der Waals surface area contributed by atoms with E-state index in [1.807, 2.05) is 19.9 Å². The molecule has 0 bridgehead atoms. The quantitative estimate of drug-likeness (QED) is 0.538. The molecule has 1 aromatic carbocycles. The summed E-state index contributed by atoms with van der Waals surface area (Å²) in [6, 6.07) is 8.34. The van der Waals surface area contributed by atoms with Gasteiger partial charge in [-0.05, 0) is 37.2 Å². The highest BCUT2D eigenvalue weighted by Crippen LogP contribution is 2.53. The standard InChI is InChI=1S/C20H31N2O5P/c1-14(2)11-17(21)19(23)22-10-6-9-18(22)28(26,27)13-16(20(24)25)12-15-7-4-3-5-8-15/h3-5,7-8,14,16-18H,6,9-13,21H2,1-2H3,(H,24,25)(H,26,27)/t16-,17+,18+/m1/s1. The average molecular weight is 410 g/mol. The van der Waals surface area contributed by atoms with Gasteiger partial charge in [0.05, 0.1) is 12.0 Å². The van der Waals surface area contributed by atoms with Gasteiger partial charge in [0.25, 0.3) is 0 Å². The topological polar surface area (TPSA) is 121 Å². The van der Waals surface area contributed by atoms with E-state index < -0.39 is 31.1 Å². The first-order valence-corrected chi connectivity index (χ1v) is 11.7. The molecule has 1 heterocycles. The largest absolute Gasteiger partial charge is 0.481 e. The minimum atomic E-state index is -3.90. The van der Waals surface area contributed by atoms with Crippen molar-refractivity contribution < 1.29 is 24.2 Å². The fraction of sp³-hybridized carbons (Fsp3) is 0.600. The summed E-state index contributed by atoms with van der Waals surface area (Å²) in [6.45, 7) is 4.31. The third kappa shape index (κ3) is 5.90. The Morgan fingerprint density at radius 2 is 1.93 bits per heavy atom. The summed E-state index contributed by atoms with van der Waals surface area (Å²) in [5, 5.41) is 9.57. The molecule has 2 rings (SSSR count). The first-order valence-electron chi connectivity index (χ1n) is 9.76. The normalized spacial score (nSPS) is 21.3. The molecule has 1 fully saturated rings. The zero-order chi connectivity index (χ0) is 20.9. The molecule has 8 heteroatoms. The maximum atomic E-state index is 13.1. The van der Waals surface area contributed by atoms with E-state index in [0.29, 0.717) is 25.8 Å². The Morgan fingerprint density at radius 3 is 2.50 bits per heavy atom. The van der Waals surface area contributed by atoms with Crippen molar-refractivity contribution >= 4 is 19.2 Å². The number of rotatable bonds is 9. The van der Waals surface area contributed by atoms with Crippen molar-refractivity contribution in [1.29, 1.82) is 0 Å². The highest BCUT2D eigenvalue weighted by Gasteiger charge is 2.44. The summed E-state index contributed by atoms with van der Waals surface area (Å²) >= 11 is 0. The molecular formula is C20H31N2O5P. The van der Waals surface area contributed by atoms with E-state index in [1.54, 1.807) is 24.3 Å². The molecule has 7 nitrogen and oxygen atoms in total. The lowest BCUT2D eigenvalue weighted by Gasteiger charge is -2.31. The van der Waals surface area contributed by atoms with Crippen LogP contribution in [0.1, 0.15) is 38.7 Å². The second-order valence-corrected chi connectivity index (χ2v) is 10.5. The lowest BCUT2D eigenvalue weighted by atomic mass is 10.0. The van der Waals surface area contributed by atoms with Crippen LogP contribution in [0.5, 0.6) is 0 Å². The number of nitrogens with two attached hydrogens (primary N) is 1. The van der Waals surface area contributed by atoms with Crippen molar-refractivity contribution in [2.45, 2.75) is 51.4 Å². The number of benzene rings is 1. The van der Waals surface area contributed by atoms with E-state index >= 15 is 0 Å². The van der Waals surface area contributed by atoms with Gasteiger partial charge in [0.2, 0.25) is 13.3 Å². The molecule has 4 N–H and O–H groups in total. The SMILES string of the molecule is CC(C)C[C@H](N)C(=O)N1CCC[C@@H]1P(=O)(O)C[C@@H](Cc1ccccc1)C(=O)O. The Kier molecular flexibility index (Phi) is 7.81. The zero-order valence-electron chi connectivity index (χ0n) is 16.5. The van der Waals surface area contributed by atoms with Gasteiger partial charge in [0, 0.05) is 12.7 Å². The number of aliphatic carboxylic acids is 1. The smallest absolute Gasteiger partial charge is 0.307 e. The first-order chi connectivity index (χ1) is 13.1. The number of hydrogen-bond donors (Lipinski definition) is 3.